The number of amides is 2. The summed E-state index contributed by atoms with van der Waals surface area (Å²) in [7, 11) is 0. The minimum atomic E-state index is -3.05. The summed E-state index contributed by atoms with van der Waals surface area (Å²) in [6.07, 6.45) is -4.72. The largest absolute Gasteiger partial charge is 0.481 e. The van der Waals surface area contributed by atoms with Crippen molar-refractivity contribution in [2.24, 2.45) is 5.41 Å². The number of fused-ring (bicyclic) bond motifs is 3. The van der Waals surface area contributed by atoms with E-state index in [9.17, 15) is 23.2 Å². The molecule has 2 amide bonds. The number of carbonyl (C=O) groups is 3. The fourth-order valence-corrected chi connectivity index (χ4v) is 4.07. The van der Waals surface area contributed by atoms with Crippen LogP contribution in [0.25, 0.3) is 11.1 Å². The molecule has 2 aromatic rings. The van der Waals surface area contributed by atoms with Crippen LogP contribution < -0.4 is 10.6 Å². The molecule has 0 fully saturated rings. The van der Waals surface area contributed by atoms with Gasteiger partial charge in [0.05, 0.1) is 17.4 Å². The van der Waals surface area contributed by atoms with Gasteiger partial charge in [-0.15, -0.1) is 0 Å². The molecule has 0 aromatic heterocycles. The third kappa shape index (κ3) is 5.44. The molecule has 2 aromatic carbocycles. The van der Waals surface area contributed by atoms with E-state index in [1.807, 2.05) is 48.5 Å². The van der Waals surface area contributed by atoms with E-state index in [1.165, 1.54) is 13.8 Å². The van der Waals surface area contributed by atoms with E-state index in [0.29, 0.717) is 0 Å². The third-order valence-electron chi connectivity index (χ3n) is 6.90. The van der Waals surface area contributed by atoms with Crippen molar-refractivity contribution in [1.29, 1.82) is 0 Å². The van der Waals surface area contributed by atoms with Gasteiger partial charge in [-0.05, 0) is 49.9 Å². The van der Waals surface area contributed by atoms with Crippen molar-refractivity contribution in [3.8, 4) is 11.1 Å². The number of hydrogen-bond acceptors (Lipinski definition) is 4. The van der Waals surface area contributed by atoms with E-state index in [1.54, 1.807) is 13.8 Å². The van der Waals surface area contributed by atoms with Crippen LogP contribution in [0.5, 0.6) is 0 Å². The van der Waals surface area contributed by atoms with Crippen LogP contribution in [0.15, 0.2) is 48.5 Å². The van der Waals surface area contributed by atoms with Gasteiger partial charge in [0.15, 0.2) is 0 Å². The van der Waals surface area contributed by atoms with Crippen LogP contribution in [-0.2, 0) is 14.3 Å². The minimum absolute atomic E-state index is 0.0780. The second-order valence-corrected chi connectivity index (χ2v) is 9.71. The number of aliphatic carboxylic acids is 1. The van der Waals surface area contributed by atoms with Gasteiger partial charge in [-0.25, -0.2) is 13.6 Å². The maximum Gasteiger partial charge on any atom is 0.407 e. The van der Waals surface area contributed by atoms with Gasteiger partial charge >= 0.3 is 12.1 Å². The lowest BCUT2D eigenvalue weighted by Crippen LogP contribution is -2.61. The van der Waals surface area contributed by atoms with Crippen molar-refractivity contribution >= 4 is 18.0 Å². The number of carbonyl (C=O) groups excluding carboxylic acids is 2. The van der Waals surface area contributed by atoms with Crippen molar-refractivity contribution in [3.63, 3.8) is 0 Å². The van der Waals surface area contributed by atoms with E-state index in [-0.39, 0.29) is 12.5 Å². The molecule has 1 atom stereocenters. The summed E-state index contributed by atoms with van der Waals surface area (Å²) < 4.78 is 32.0. The van der Waals surface area contributed by atoms with E-state index < -0.39 is 47.8 Å². The molecule has 3 N–H and O–H groups in total. The van der Waals surface area contributed by atoms with Gasteiger partial charge < -0.3 is 20.5 Å². The maximum atomic E-state index is 13.2. The third-order valence-corrected chi connectivity index (χ3v) is 6.90. The molecule has 7 nitrogen and oxygen atoms in total. The Bertz CT molecular complexity index is 1070. The molecular weight excluding hydrogens is 458 g/mol. The van der Waals surface area contributed by atoms with Gasteiger partial charge in [0, 0.05) is 5.92 Å². The first kappa shape index (κ1) is 26.1. The molecule has 0 aliphatic heterocycles. The second kappa shape index (κ2) is 10.0. The van der Waals surface area contributed by atoms with Crippen molar-refractivity contribution in [3.05, 3.63) is 59.7 Å². The molecule has 188 valence electrons. The molecule has 0 bridgehead atoms. The number of halogens is 2. The van der Waals surface area contributed by atoms with Gasteiger partial charge in [-0.2, -0.15) is 0 Å². The summed E-state index contributed by atoms with van der Waals surface area (Å²) in [4.78, 5) is 36.4. The highest BCUT2D eigenvalue weighted by Crippen LogP contribution is 2.44. The minimum Gasteiger partial charge on any atom is -0.481 e. The summed E-state index contributed by atoms with van der Waals surface area (Å²) in [6.45, 7) is 6.19. The Balaban J connectivity index is 1.67. The Labute approximate surface area is 202 Å². The zero-order chi connectivity index (χ0) is 26.0. The predicted octanol–water partition coefficient (Wildman–Crippen LogP) is 4.55. The molecule has 9 heteroatoms. The van der Waals surface area contributed by atoms with Gasteiger partial charge in [-0.1, -0.05) is 48.5 Å². The van der Waals surface area contributed by atoms with Gasteiger partial charge in [-0.3, -0.25) is 9.59 Å². The molecule has 0 saturated carbocycles. The number of alkyl halides is 2. The maximum absolute atomic E-state index is 13.2. The standard InChI is InChI=1S/C26H30F2N2O5/c1-25(2,23(33)29-20(22(27)28)13-21(31)32)26(3,4)30-24(34)35-14-19-17-11-7-5-9-15(17)16-10-6-8-12-18(16)19/h5-12,19-20,22H,13-14H2,1-4H3,(H,29,33)(H,30,34)(H,31,32). The van der Waals surface area contributed by atoms with Gasteiger partial charge in [0.25, 0.3) is 6.43 Å². The molecular formula is C26H30F2N2O5. The van der Waals surface area contributed by atoms with E-state index >= 15 is 0 Å². The predicted molar refractivity (Wildman–Crippen MR) is 126 cm³/mol. The Kier molecular flexibility index (Phi) is 7.47. The molecule has 35 heavy (non-hydrogen) atoms. The SMILES string of the molecule is CC(C)(NC(=O)OCC1c2ccccc2-c2ccccc21)C(C)(C)C(=O)NC(CC(=O)O)C(F)F. The number of alkyl carbamates (subject to hydrolysis) is 1. The van der Waals surface area contributed by atoms with Crippen LogP contribution in [0, 0.1) is 5.41 Å². The lowest BCUT2D eigenvalue weighted by atomic mass is 9.73. The molecule has 0 radical (unpaired) electrons. The lowest BCUT2D eigenvalue weighted by Gasteiger charge is -2.41. The van der Waals surface area contributed by atoms with Crippen LogP contribution in [0.1, 0.15) is 51.2 Å². The second-order valence-electron chi connectivity index (χ2n) is 9.71. The first-order chi connectivity index (χ1) is 16.3. The van der Waals surface area contributed by atoms with E-state index in [4.69, 9.17) is 9.84 Å². The normalized spacial score (nSPS) is 14.1. The van der Waals surface area contributed by atoms with E-state index in [2.05, 4.69) is 10.6 Å². The zero-order valence-electron chi connectivity index (χ0n) is 20.1. The summed E-state index contributed by atoms with van der Waals surface area (Å²) in [6, 6.07) is 14.0. The number of carboxylic acids is 1. The van der Waals surface area contributed by atoms with Crippen LogP contribution >= 0.6 is 0 Å². The summed E-state index contributed by atoms with van der Waals surface area (Å²) in [5, 5.41) is 13.6. The number of rotatable bonds is 9. The number of hydrogen-bond donors (Lipinski definition) is 3. The average Bonchev–Trinajstić information content (AvgIpc) is 3.10. The average molecular weight is 489 g/mol. The molecule has 3 rings (SSSR count). The van der Waals surface area contributed by atoms with E-state index in [0.717, 1.165) is 22.3 Å². The molecule has 1 unspecified atom stereocenters. The Hall–Kier alpha value is -3.49. The Morgan fingerprint density at radius 3 is 1.97 bits per heavy atom. The number of carboxylic acid groups (broad SMARTS) is 1. The number of nitrogens with one attached hydrogen (secondary N) is 2. The van der Waals surface area contributed by atoms with Crippen LogP contribution in [0.4, 0.5) is 13.6 Å². The van der Waals surface area contributed by atoms with Crippen molar-refractivity contribution in [2.45, 2.75) is 58.0 Å². The highest BCUT2D eigenvalue weighted by atomic mass is 19.3. The fourth-order valence-electron chi connectivity index (χ4n) is 4.07. The topological polar surface area (TPSA) is 105 Å². The number of ether oxygens (including phenoxy) is 1. The molecule has 0 heterocycles. The van der Waals surface area contributed by atoms with Crippen molar-refractivity contribution in [1.82, 2.24) is 10.6 Å². The quantitative estimate of drug-likeness (QED) is 0.480. The van der Waals surface area contributed by atoms with Gasteiger partial charge in [0.1, 0.15) is 12.6 Å². The van der Waals surface area contributed by atoms with Crippen LogP contribution in [-0.4, -0.2) is 47.7 Å². The molecule has 0 saturated heterocycles. The first-order valence-electron chi connectivity index (χ1n) is 11.3. The fraction of sp³-hybridized carbons (Fsp3) is 0.423. The smallest absolute Gasteiger partial charge is 0.407 e. The molecule has 0 spiro atoms. The monoisotopic (exact) mass is 488 g/mol. The lowest BCUT2D eigenvalue weighted by molar-refractivity contribution is -0.140. The summed E-state index contributed by atoms with van der Waals surface area (Å²) in [5.41, 5.74) is 1.70. The highest BCUT2D eigenvalue weighted by Gasteiger charge is 2.46. The molecule has 1 aliphatic carbocycles. The Morgan fingerprint density at radius 1 is 0.971 bits per heavy atom. The van der Waals surface area contributed by atoms with Crippen molar-refractivity contribution in [2.75, 3.05) is 6.61 Å². The zero-order valence-corrected chi connectivity index (χ0v) is 20.1. The highest BCUT2D eigenvalue weighted by molar-refractivity contribution is 5.85. The van der Waals surface area contributed by atoms with Gasteiger partial charge in [0.2, 0.25) is 5.91 Å². The first-order valence-corrected chi connectivity index (χ1v) is 11.3. The number of benzene rings is 2. The summed E-state index contributed by atoms with van der Waals surface area (Å²) >= 11 is 0. The van der Waals surface area contributed by atoms with Crippen LogP contribution in [0.2, 0.25) is 0 Å². The molecule has 1 aliphatic rings. The Morgan fingerprint density at radius 2 is 1.49 bits per heavy atom. The summed E-state index contributed by atoms with van der Waals surface area (Å²) in [5.74, 6) is -2.41. The van der Waals surface area contributed by atoms with Crippen LogP contribution in [0.3, 0.4) is 0 Å². The van der Waals surface area contributed by atoms with Crippen molar-refractivity contribution < 1.29 is 33.0 Å².